The molecule has 1 saturated carbocycles. The summed E-state index contributed by atoms with van der Waals surface area (Å²) < 4.78 is 5.54. The van der Waals surface area contributed by atoms with E-state index in [0.29, 0.717) is 30.7 Å². The molecule has 28 heavy (non-hydrogen) atoms. The highest BCUT2D eigenvalue weighted by molar-refractivity contribution is 5.96. The standard InChI is InChI=1S/C22H28N4O2/c1-4-28-19-9-7-17(8-10-19)13-25(12-16-5-6-16)22-23-11-18-14-26(15(2)3)21(27)20(18)24-22/h7-11,15-16H,4-6,12-14H2,1-3H3. The van der Waals surface area contributed by atoms with Gasteiger partial charge in [0.15, 0.2) is 0 Å². The number of fused-ring (bicyclic) bond motifs is 1. The monoisotopic (exact) mass is 380 g/mol. The zero-order valence-corrected chi connectivity index (χ0v) is 16.9. The Hall–Kier alpha value is -2.63. The van der Waals surface area contributed by atoms with Gasteiger partial charge in [-0.1, -0.05) is 12.1 Å². The predicted molar refractivity (Wildman–Crippen MR) is 108 cm³/mol. The third kappa shape index (κ3) is 3.96. The number of hydrogen-bond acceptors (Lipinski definition) is 5. The van der Waals surface area contributed by atoms with Gasteiger partial charge in [0, 0.05) is 30.9 Å². The summed E-state index contributed by atoms with van der Waals surface area (Å²) in [5.74, 6) is 2.25. The average molecular weight is 380 g/mol. The number of rotatable bonds is 8. The second-order valence-corrected chi connectivity index (χ2v) is 7.97. The van der Waals surface area contributed by atoms with Crippen LogP contribution >= 0.6 is 0 Å². The molecular weight excluding hydrogens is 352 g/mol. The van der Waals surface area contributed by atoms with E-state index < -0.39 is 0 Å². The van der Waals surface area contributed by atoms with Crippen LogP contribution in [0, 0.1) is 5.92 Å². The van der Waals surface area contributed by atoms with Crippen molar-refractivity contribution in [2.45, 2.75) is 52.7 Å². The van der Waals surface area contributed by atoms with Crippen LogP contribution in [0.2, 0.25) is 0 Å². The van der Waals surface area contributed by atoms with E-state index in [2.05, 4.69) is 22.0 Å². The van der Waals surface area contributed by atoms with Crippen molar-refractivity contribution in [3.05, 3.63) is 47.3 Å². The topological polar surface area (TPSA) is 58.6 Å². The van der Waals surface area contributed by atoms with Crippen molar-refractivity contribution in [3.8, 4) is 5.75 Å². The highest BCUT2D eigenvalue weighted by atomic mass is 16.5. The molecule has 1 fully saturated rings. The maximum absolute atomic E-state index is 12.7. The van der Waals surface area contributed by atoms with Crippen LogP contribution in [0.15, 0.2) is 30.5 Å². The van der Waals surface area contributed by atoms with Gasteiger partial charge in [-0.15, -0.1) is 0 Å². The van der Waals surface area contributed by atoms with Gasteiger partial charge < -0.3 is 14.5 Å². The number of hydrogen-bond donors (Lipinski definition) is 0. The molecule has 148 valence electrons. The van der Waals surface area contributed by atoms with E-state index in [1.54, 1.807) is 0 Å². The van der Waals surface area contributed by atoms with Crippen LogP contribution in [0.1, 0.15) is 55.2 Å². The summed E-state index contributed by atoms with van der Waals surface area (Å²) in [6.45, 7) is 8.97. The molecule has 6 nitrogen and oxygen atoms in total. The third-order valence-electron chi connectivity index (χ3n) is 5.35. The molecule has 2 aromatic rings. The zero-order chi connectivity index (χ0) is 19.7. The summed E-state index contributed by atoms with van der Waals surface area (Å²) in [4.78, 5) is 26.1. The van der Waals surface area contributed by atoms with Crippen LogP contribution in [-0.4, -0.2) is 40.0 Å². The summed E-state index contributed by atoms with van der Waals surface area (Å²) in [5, 5.41) is 0. The average Bonchev–Trinajstić information content (AvgIpc) is 3.44. The highest BCUT2D eigenvalue weighted by Gasteiger charge is 2.32. The number of carbonyl (C=O) groups is 1. The molecule has 1 aromatic carbocycles. The van der Waals surface area contributed by atoms with Crippen molar-refractivity contribution in [2.24, 2.45) is 5.92 Å². The Labute approximate surface area is 166 Å². The van der Waals surface area contributed by atoms with Crippen LogP contribution in [0.3, 0.4) is 0 Å². The molecule has 0 radical (unpaired) electrons. The summed E-state index contributed by atoms with van der Waals surface area (Å²) in [7, 11) is 0. The normalized spacial score (nSPS) is 15.9. The Bertz CT molecular complexity index is 846. The molecule has 1 aliphatic heterocycles. The lowest BCUT2D eigenvalue weighted by molar-refractivity contribution is 0.0726. The molecule has 0 atom stereocenters. The van der Waals surface area contributed by atoms with Gasteiger partial charge in [0.2, 0.25) is 5.95 Å². The highest BCUT2D eigenvalue weighted by Crippen LogP contribution is 2.32. The largest absolute Gasteiger partial charge is 0.494 e. The summed E-state index contributed by atoms with van der Waals surface area (Å²) in [5.41, 5.74) is 2.67. The predicted octanol–water partition coefficient (Wildman–Crippen LogP) is 3.66. The fraction of sp³-hybridized carbons (Fsp3) is 0.500. The van der Waals surface area contributed by atoms with Crippen LogP contribution in [0.25, 0.3) is 0 Å². The van der Waals surface area contributed by atoms with Crippen LogP contribution in [0.5, 0.6) is 5.75 Å². The van der Waals surface area contributed by atoms with E-state index in [1.807, 2.05) is 44.0 Å². The number of anilines is 1. The minimum Gasteiger partial charge on any atom is -0.494 e. The first-order chi connectivity index (χ1) is 13.5. The number of amides is 1. The molecule has 0 N–H and O–H groups in total. The van der Waals surface area contributed by atoms with E-state index >= 15 is 0 Å². The Balaban J connectivity index is 1.56. The molecule has 1 amide bonds. The van der Waals surface area contributed by atoms with E-state index in [0.717, 1.165) is 24.4 Å². The quantitative estimate of drug-likeness (QED) is 0.700. The van der Waals surface area contributed by atoms with E-state index in [1.165, 1.54) is 18.4 Å². The molecule has 0 bridgehead atoms. The van der Waals surface area contributed by atoms with Gasteiger partial charge in [-0.3, -0.25) is 4.79 Å². The van der Waals surface area contributed by atoms with Crippen molar-refractivity contribution in [1.82, 2.24) is 14.9 Å². The molecule has 2 aliphatic rings. The first kappa shape index (κ1) is 18.7. The van der Waals surface area contributed by atoms with Gasteiger partial charge in [-0.25, -0.2) is 9.97 Å². The molecule has 1 aliphatic carbocycles. The van der Waals surface area contributed by atoms with E-state index in [9.17, 15) is 4.79 Å². The van der Waals surface area contributed by atoms with Gasteiger partial charge in [-0.2, -0.15) is 0 Å². The Kier molecular flexibility index (Phi) is 5.20. The Morgan fingerprint density at radius 2 is 2.00 bits per heavy atom. The number of benzene rings is 1. The lowest BCUT2D eigenvalue weighted by Gasteiger charge is -2.23. The van der Waals surface area contributed by atoms with Crippen LogP contribution in [-0.2, 0) is 13.1 Å². The lowest BCUT2D eigenvalue weighted by atomic mass is 10.2. The smallest absolute Gasteiger partial charge is 0.273 e. The maximum Gasteiger partial charge on any atom is 0.273 e. The molecule has 6 heteroatoms. The fourth-order valence-electron chi connectivity index (χ4n) is 3.57. The number of nitrogens with zero attached hydrogens (tertiary/aromatic N) is 4. The number of carbonyl (C=O) groups excluding carboxylic acids is 1. The number of ether oxygens (including phenoxy) is 1. The Morgan fingerprint density at radius 1 is 1.25 bits per heavy atom. The SMILES string of the molecule is CCOc1ccc(CN(CC2CC2)c2ncc3c(n2)C(=O)N(C(C)C)C3)cc1. The summed E-state index contributed by atoms with van der Waals surface area (Å²) >= 11 is 0. The summed E-state index contributed by atoms with van der Waals surface area (Å²) in [6.07, 6.45) is 4.34. The first-order valence-electron chi connectivity index (χ1n) is 10.2. The molecular formula is C22H28N4O2. The number of aromatic nitrogens is 2. The summed E-state index contributed by atoms with van der Waals surface area (Å²) in [6, 6.07) is 8.34. The van der Waals surface area contributed by atoms with E-state index in [-0.39, 0.29) is 11.9 Å². The first-order valence-corrected chi connectivity index (χ1v) is 10.2. The Morgan fingerprint density at radius 3 is 2.64 bits per heavy atom. The maximum atomic E-state index is 12.7. The van der Waals surface area contributed by atoms with Gasteiger partial charge in [0.1, 0.15) is 11.4 Å². The van der Waals surface area contributed by atoms with Gasteiger partial charge in [0.25, 0.3) is 5.91 Å². The molecule has 4 rings (SSSR count). The zero-order valence-electron chi connectivity index (χ0n) is 16.9. The van der Waals surface area contributed by atoms with E-state index in [4.69, 9.17) is 9.72 Å². The fourth-order valence-corrected chi connectivity index (χ4v) is 3.57. The van der Waals surface area contributed by atoms with Crippen LogP contribution < -0.4 is 9.64 Å². The van der Waals surface area contributed by atoms with Gasteiger partial charge >= 0.3 is 0 Å². The van der Waals surface area contributed by atoms with Crippen molar-refractivity contribution in [3.63, 3.8) is 0 Å². The molecule has 0 unspecified atom stereocenters. The second-order valence-electron chi connectivity index (χ2n) is 7.97. The molecule has 1 aromatic heterocycles. The van der Waals surface area contributed by atoms with Crippen molar-refractivity contribution in [2.75, 3.05) is 18.1 Å². The van der Waals surface area contributed by atoms with Crippen LogP contribution in [0.4, 0.5) is 5.95 Å². The minimum absolute atomic E-state index is 0.0149. The van der Waals surface area contributed by atoms with Gasteiger partial charge in [-0.05, 0) is 57.2 Å². The minimum atomic E-state index is 0.0149. The molecule has 0 spiro atoms. The third-order valence-corrected chi connectivity index (χ3v) is 5.35. The molecule has 0 saturated heterocycles. The second kappa shape index (κ2) is 7.78. The molecule has 2 heterocycles. The van der Waals surface area contributed by atoms with Crippen molar-refractivity contribution >= 4 is 11.9 Å². The van der Waals surface area contributed by atoms with Crippen molar-refractivity contribution < 1.29 is 9.53 Å². The lowest BCUT2D eigenvalue weighted by Crippen LogP contribution is -2.31. The van der Waals surface area contributed by atoms with Crippen molar-refractivity contribution in [1.29, 1.82) is 0 Å². The van der Waals surface area contributed by atoms with Gasteiger partial charge in [0.05, 0.1) is 13.2 Å².